The second kappa shape index (κ2) is 6.89. The van der Waals surface area contributed by atoms with Crippen molar-refractivity contribution < 1.29 is 8.42 Å². The Morgan fingerprint density at radius 3 is 2.67 bits per heavy atom. The Hall–Kier alpha value is -0.920. The van der Waals surface area contributed by atoms with Crippen molar-refractivity contribution >= 4 is 45.6 Å². The molecule has 0 spiro atoms. The van der Waals surface area contributed by atoms with Gasteiger partial charge in [-0.25, -0.2) is 8.42 Å². The predicted molar refractivity (Wildman–Crippen MR) is 87.6 cm³/mol. The summed E-state index contributed by atoms with van der Waals surface area (Å²) in [6.45, 7) is 0.884. The summed E-state index contributed by atoms with van der Waals surface area (Å²) in [4.78, 5) is 4.35. The molecule has 1 unspecified atom stereocenters. The Bertz CT molecular complexity index is 719. The number of hydrogen-bond donors (Lipinski definition) is 1. The lowest BCUT2D eigenvalue weighted by atomic mass is 10.2. The highest BCUT2D eigenvalue weighted by atomic mass is 35.5. The SMILES string of the molecule is Cl.Cl.NC1CCN(S(=O)(=O)c2cccc3cnccc23)C1. The Morgan fingerprint density at radius 2 is 2.00 bits per heavy atom. The third kappa shape index (κ3) is 3.30. The molecule has 0 saturated carbocycles. The highest BCUT2D eigenvalue weighted by Gasteiger charge is 2.31. The average molecular weight is 350 g/mol. The van der Waals surface area contributed by atoms with Crippen molar-refractivity contribution in [2.45, 2.75) is 17.4 Å². The molecule has 2 heterocycles. The summed E-state index contributed by atoms with van der Waals surface area (Å²) in [6, 6.07) is 6.91. The minimum Gasteiger partial charge on any atom is -0.326 e. The van der Waals surface area contributed by atoms with Gasteiger partial charge in [-0.05, 0) is 18.6 Å². The van der Waals surface area contributed by atoms with Gasteiger partial charge in [-0.2, -0.15) is 4.31 Å². The number of nitrogens with two attached hydrogens (primary N) is 1. The van der Waals surface area contributed by atoms with Gasteiger partial charge < -0.3 is 5.73 Å². The maximum absolute atomic E-state index is 12.6. The minimum absolute atomic E-state index is 0. The van der Waals surface area contributed by atoms with Gasteiger partial charge in [0.2, 0.25) is 10.0 Å². The third-order valence-corrected chi connectivity index (χ3v) is 5.37. The summed E-state index contributed by atoms with van der Waals surface area (Å²) in [7, 11) is -3.47. The molecule has 0 bridgehead atoms. The van der Waals surface area contributed by atoms with E-state index in [4.69, 9.17) is 5.73 Å². The van der Waals surface area contributed by atoms with Gasteiger partial charge in [0.25, 0.3) is 0 Å². The molecule has 3 rings (SSSR count). The Balaban J connectivity index is 0.00000110. The monoisotopic (exact) mass is 349 g/mol. The van der Waals surface area contributed by atoms with Gasteiger partial charge in [-0.3, -0.25) is 4.98 Å². The first-order chi connectivity index (χ1) is 9.09. The number of nitrogens with zero attached hydrogens (tertiary/aromatic N) is 2. The van der Waals surface area contributed by atoms with E-state index in [0.29, 0.717) is 29.8 Å². The number of aromatic nitrogens is 1. The summed E-state index contributed by atoms with van der Waals surface area (Å²) in [5.41, 5.74) is 5.80. The summed E-state index contributed by atoms with van der Waals surface area (Å²) in [5, 5.41) is 1.53. The van der Waals surface area contributed by atoms with Crippen molar-refractivity contribution in [2.24, 2.45) is 5.73 Å². The van der Waals surface area contributed by atoms with E-state index in [-0.39, 0.29) is 30.9 Å². The first-order valence-corrected chi connectivity index (χ1v) is 7.61. The van der Waals surface area contributed by atoms with Gasteiger partial charge in [0.05, 0.1) is 4.90 Å². The van der Waals surface area contributed by atoms with Crippen molar-refractivity contribution in [3.05, 3.63) is 36.7 Å². The molecule has 8 heteroatoms. The lowest BCUT2D eigenvalue weighted by Gasteiger charge is -2.17. The van der Waals surface area contributed by atoms with Crippen molar-refractivity contribution in [3.63, 3.8) is 0 Å². The van der Waals surface area contributed by atoms with Crippen LogP contribution >= 0.6 is 24.8 Å². The fourth-order valence-corrected chi connectivity index (χ4v) is 4.16. The summed E-state index contributed by atoms with van der Waals surface area (Å²) in [5.74, 6) is 0. The average Bonchev–Trinajstić information content (AvgIpc) is 2.85. The molecule has 21 heavy (non-hydrogen) atoms. The van der Waals surface area contributed by atoms with Crippen LogP contribution < -0.4 is 5.73 Å². The van der Waals surface area contributed by atoms with Gasteiger partial charge in [0.1, 0.15) is 0 Å². The van der Waals surface area contributed by atoms with Crippen LogP contribution in [0.15, 0.2) is 41.6 Å². The lowest BCUT2D eigenvalue weighted by Crippen LogP contribution is -2.32. The molecule has 0 amide bonds. The molecule has 5 nitrogen and oxygen atoms in total. The quantitative estimate of drug-likeness (QED) is 0.896. The summed E-state index contributed by atoms with van der Waals surface area (Å²) >= 11 is 0. The van der Waals surface area contributed by atoms with Crippen LogP contribution in [0.3, 0.4) is 0 Å². The molecule has 2 aromatic rings. The van der Waals surface area contributed by atoms with Crippen molar-refractivity contribution in [1.29, 1.82) is 0 Å². The molecule has 1 fully saturated rings. The van der Waals surface area contributed by atoms with E-state index in [9.17, 15) is 8.42 Å². The fraction of sp³-hybridized carbons (Fsp3) is 0.308. The van der Waals surface area contributed by atoms with Gasteiger partial charge in [0, 0.05) is 42.3 Å². The van der Waals surface area contributed by atoms with Gasteiger partial charge in [-0.1, -0.05) is 12.1 Å². The smallest absolute Gasteiger partial charge is 0.243 e. The number of fused-ring (bicyclic) bond motifs is 1. The lowest BCUT2D eigenvalue weighted by molar-refractivity contribution is 0.473. The highest BCUT2D eigenvalue weighted by molar-refractivity contribution is 7.89. The zero-order valence-corrected chi connectivity index (χ0v) is 13.6. The number of sulfonamides is 1. The molecule has 0 radical (unpaired) electrons. The van der Waals surface area contributed by atoms with Crippen LogP contribution in [0.5, 0.6) is 0 Å². The normalized spacial score (nSPS) is 19.0. The molecular formula is C13H17Cl2N3O2S. The zero-order valence-electron chi connectivity index (χ0n) is 11.2. The number of pyridine rings is 1. The standard InChI is InChI=1S/C13H15N3O2S.2ClH/c14-11-5-7-16(9-11)19(17,18)13-3-1-2-10-8-15-6-4-12(10)13;;/h1-4,6,8,11H,5,7,9,14H2;2*1H. The second-order valence-electron chi connectivity index (χ2n) is 4.76. The van der Waals surface area contributed by atoms with E-state index in [1.165, 1.54) is 4.31 Å². The first kappa shape index (κ1) is 18.1. The van der Waals surface area contributed by atoms with Crippen LogP contribution in [0.25, 0.3) is 10.8 Å². The van der Waals surface area contributed by atoms with Gasteiger partial charge in [0.15, 0.2) is 0 Å². The molecule has 0 aliphatic carbocycles. The zero-order chi connectivity index (χ0) is 13.5. The molecule has 1 aliphatic heterocycles. The molecule has 1 aromatic carbocycles. The number of benzene rings is 1. The van der Waals surface area contributed by atoms with Crippen LogP contribution in [0, 0.1) is 0 Å². The van der Waals surface area contributed by atoms with Gasteiger partial charge in [-0.15, -0.1) is 24.8 Å². The van der Waals surface area contributed by atoms with Crippen LogP contribution in [-0.2, 0) is 10.0 Å². The second-order valence-corrected chi connectivity index (χ2v) is 6.67. The van der Waals surface area contributed by atoms with E-state index >= 15 is 0 Å². The van der Waals surface area contributed by atoms with Crippen LogP contribution in [-0.4, -0.2) is 36.8 Å². The van der Waals surface area contributed by atoms with Crippen LogP contribution in [0.2, 0.25) is 0 Å². The Labute approximate surface area is 136 Å². The maximum atomic E-state index is 12.6. The molecular weight excluding hydrogens is 333 g/mol. The predicted octanol–water partition coefficient (Wildman–Crippen LogP) is 1.80. The maximum Gasteiger partial charge on any atom is 0.243 e. The van der Waals surface area contributed by atoms with E-state index in [0.717, 1.165) is 5.39 Å². The molecule has 1 aliphatic rings. The summed E-state index contributed by atoms with van der Waals surface area (Å²) < 4.78 is 26.8. The molecule has 1 atom stereocenters. The van der Waals surface area contributed by atoms with E-state index in [1.54, 1.807) is 30.6 Å². The highest BCUT2D eigenvalue weighted by Crippen LogP contribution is 2.26. The van der Waals surface area contributed by atoms with Crippen molar-refractivity contribution in [1.82, 2.24) is 9.29 Å². The van der Waals surface area contributed by atoms with E-state index in [1.807, 2.05) is 6.07 Å². The fourth-order valence-electron chi connectivity index (χ4n) is 2.43. The molecule has 2 N–H and O–H groups in total. The van der Waals surface area contributed by atoms with Crippen LogP contribution in [0.1, 0.15) is 6.42 Å². The number of rotatable bonds is 2. The van der Waals surface area contributed by atoms with Crippen molar-refractivity contribution in [2.75, 3.05) is 13.1 Å². The largest absolute Gasteiger partial charge is 0.326 e. The summed E-state index contributed by atoms with van der Waals surface area (Å²) in [6.07, 6.45) is 3.99. The number of hydrogen-bond acceptors (Lipinski definition) is 4. The number of halogens is 2. The first-order valence-electron chi connectivity index (χ1n) is 6.17. The van der Waals surface area contributed by atoms with E-state index in [2.05, 4.69) is 4.98 Å². The minimum atomic E-state index is -3.47. The van der Waals surface area contributed by atoms with E-state index < -0.39 is 10.0 Å². The Kier molecular flexibility index (Phi) is 5.95. The third-order valence-electron chi connectivity index (χ3n) is 3.45. The topological polar surface area (TPSA) is 76.3 Å². The van der Waals surface area contributed by atoms with Crippen molar-refractivity contribution in [3.8, 4) is 0 Å². The van der Waals surface area contributed by atoms with Crippen LogP contribution in [0.4, 0.5) is 0 Å². The molecule has 116 valence electrons. The Morgan fingerprint density at radius 1 is 1.24 bits per heavy atom. The molecule has 1 aromatic heterocycles. The van der Waals surface area contributed by atoms with Gasteiger partial charge >= 0.3 is 0 Å². The molecule has 1 saturated heterocycles.